The van der Waals surface area contributed by atoms with Gasteiger partial charge in [0.1, 0.15) is 0 Å². The molecule has 90 valence electrons. The van der Waals surface area contributed by atoms with Gasteiger partial charge in [0.25, 0.3) is 0 Å². The van der Waals surface area contributed by atoms with Crippen molar-refractivity contribution in [3.05, 3.63) is 12.7 Å². The zero-order valence-corrected chi connectivity index (χ0v) is 10.6. The number of ketones is 1. The molecule has 3 nitrogen and oxygen atoms in total. The molecule has 0 aromatic carbocycles. The fraction of sp³-hybridized carbons (Fsp3) is 0.667. The van der Waals surface area contributed by atoms with Crippen LogP contribution >= 0.6 is 11.8 Å². The van der Waals surface area contributed by atoms with Crippen LogP contribution in [-0.4, -0.2) is 28.9 Å². The van der Waals surface area contributed by atoms with Crippen LogP contribution < -0.4 is 0 Å². The van der Waals surface area contributed by atoms with Crippen LogP contribution in [0.25, 0.3) is 0 Å². The van der Waals surface area contributed by atoms with Crippen molar-refractivity contribution in [3.8, 4) is 0 Å². The minimum Gasteiger partial charge on any atom is -0.465 e. The maximum Gasteiger partial charge on any atom is 0.330 e. The van der Waals surface area contributed by atoms with Crippen molar-refractivity contribution in [1.82, 2.24) is 0 Å². The molecule has 0 aromatic heterocycles. The van der Waals surface area contributed by atoms with Gasteiger partial charge in [0.05, 0.1) is 6.61 Å². The molecule has 2 unspecified atom stereocenters. The molecule has 1 fully saturated rings. The Labute approximate surface area is 101 Å². The van der Waals surface area contributed by atoms with Crippen LogP contribution in [0.15, 0.2) is 12.7 Å². The first-order valence-corrected chi connectivity index (χ1v) is 6.55. The van der Waals surface area contributed by atoms with Crippen LogP contribution in [0.3, 0.4) is 0 Å². The van der Waals surface area contributed by atoms with Gasteiger partial charge in [0.2, 0.25) is 0 Å². The monoisotopic (exact) mass is 242 g/mol. The normalized spacial score (nSPS) is 27.2. The number of hydrogen-bond donors (Lipinski definition) is 0. The van der Waals surface area contributed by atoms with Crippen LogP contribution in [0.4, 0.5) is 0 Å². The average molecular weight is 242 g/mol. The lowest BCUT2D eigenvalue weighted by Gasteiger charge is -2.36. The van der Waals surface area contributed by atoms with Crippen LogP contribution in [0.5, 0.6) is 0 Å². The van der Waals surface area contributed by atoms with E-state index in [2.05, 4.69) is 6.58 Å². The van der Waals surface area contributed by atoms with E-state index in [1.54, 1.807) is 13.0 Å². The van der Waals surface area contributed by atoms with Crippen molar-refractivity contribution in [2.45, 2.75) is 31.4 Å². The summed E-state index contributed by atoms with van der Waals surface area (Å²) in [5.74, 6) is 0.207. The van der Waals surface area contributed by atoms with Gasteiger partial charge < -0.3 is 4.74 Å². The number of ether oxygens (including phenoxy) is 1. The predicted octanol–water partition coefficient (Wildman–Crippen LogP) is 2.21. The summed E-state index contributed by atoms with van der Waals surface area (Å²) >= 11 is 1.40. The quantitative estimate of drug-likeness (QED) is 0.430. The molecular weight excluding hydrogens is 224 g/mol. The molecular formula is C12H18O3S. The minimum atomic E-state index is -1.05. The number of hydrogen-bond acceptors (Lipinski definition) is 4. The zero-order valence-electron chi connectivity index (χ0n) is 9.82. The Balaban J connectivity index is 3.04. The van der Waals surface area contributed by atoms with Crippen LogP contribution in [-0.2, 0) is 14.3 Å². The lowest BCUT2D eigenvalue weighted by molar-refractivity contribution is -0.150. The molecule has 1 heterocycles. The molecule has 16 heavy (non-hydrogen) atoms. The van der Waals surface area contributed by atoms with Gasteiger partial charge in [-0.1, -0.05) is 13.0 Å². The Morgan fingerprint density at radius 1 is 1.75 bits per heavy atom. The summed E-state index contributed by atoms with van der Waals surface area (Å²) in [4.78, 5) is 24.1. The van der Waals surface area contributed by atoms with E-state index in [9.17, 15) is 9.59 Å². The lowest BCUT2D eigenvalue weighted by atomic mass is 9.86. The first kappa shape index (κ1) is 13.3. The van der Waals surface area contributed by atoms with E-state index in [1.165, 1.54) is 11.8 Å². The number of allylic oxidation sites excluding steroid dienone is 1. The Kier molecular flexibility index (Phi) is 4.59. The number of carbonyl (C=O) groups excluding carboxylic acids is 2. The van der Waals surface area contributed by atoms with Gasteiger partial charge in [0, 0.05) is 12.3 Å². The standard InChI is InChI=1S/C12H18O3S/c1-4-9(3)12(11(14)15-5-2)10(13)7-6-8-16-12/h4,9H,1,5-8H2,2-3H3. The van der Waals surface area contributed by atoms with Gasteiger partial charge in [-0.3, -0.25) is 9.59 Å². The molecule has 1 rings (SSSR count). The van der Waals surface area contributed by atoms with Crippen LogP contribution in [0, 0.1) is 5.92 Å². The van der Waals surface area contributed by atoms with E-state index in [0.29, 0.717) is 13.0 Å². The van der Waals surface area contributed by atoms with E-state index in [1.807, 2.05) is 6.92 Å². The second-order valence-corrected chi connectivity index (χ2v) is 5.20. The maximum absolute atomic E-state index is 12.1. The van der Waals surface area contributed by atoms with E-state index >= 15 is 0 Å². The maximum atomic E-state index is 12.1. The Bertz CT molecular complexity index is 301. The van der Waals surface area contributed by atoms with Crippen molar-refractivity contribution < 1.29 is 14.3 Å². The average Bonchev–Trinajstić information content (AvgIpc) is 2.29. The highest BCUT2D eigenvalue weighted by Gasteiger charge is 2.52. The molecule has 0 aliphatic carbocycles. The number of carbonyl (C=O) groups is 2. The van der Waals surface area contributed by atoms with Crippen LogP contribution in [0.2, 0.25) is 0 Å². The van der Waals surface area contributed by atoms with Gasteiger partial charge in [-0.2, -0.15) is 0 Å². The molecule has 0 aromatic rings. The topological polar surface area (TPSA) is 43.4 Å². The van der Waals surface area contributed by atoms with Gasteiger partial charge >= 0.3 is 5.97 Å². The van der Waals surface area contributed by atoms with E-state index < -0.39 is 10.7 Å². The predicted molar refractivity (Wildman–Crippen MR) is 65.4 cm³/mol. The van der Waals surface area contributed by atoms with Gasteiger partial charge in [-0.05, 0) is 19.1 Å². The Morgan fingerprint density at radius 3 is 2.94 bits per heavy atom. The zero-order chi connectivity index (χ0) is 12.2. The van der Waals surface area contributed by atoms with Crippen molar-refractivity contribution in [2.24, 2.45) is 5.92 Å². The summed E-state index contributed by atoms with van der Waals surface area (Å²) in [7, 11) is 0. The third kappa shape index (κ3) is 2.17. The molecule has 2 atom stereocenters. The number of esters is 1. The summed E-state index contributed by atoms with van der Waals surface area (Å²) in [5.41, 5.74) is 0. The van der Waals surface area contributed by atoms with E-state index in [4.69, 9.17) is 4.74 Å². The summed E-state index contributed by atoms with van der Waals surface area (Å²) in [6.45, 7) is 7.59. The summed E-state index contributed by atoms with van der Waals surface area (Å²) in [5, 5.41) is 0. The third-order valence-electron chi connectivity index (χ3n) is 2.87. The van der Waals surface area contributed by atoms with Crippen molar-refractivity contribution in [1.29, 1.82) is 0 Å². The highest BCUT2D eigenvalue weighted by atomic mass is 32.2. The molecule has 0 N–H and O–H groups in total. The Morgan fingerprint density at radius 2 is 2.44 bits per heavy atom. The molecule has 0 radical (unpaired) electrons. The fourth-order valence-electron chi connectivity index (χ4n) is 1.88. The highest BCUT2D eigenvalue weighted by Crippen LogP contribution is 2.41. The van der Waals surface area contributed by atoms with Gasteiger partial charge in [-0.15, -0.1) is 18.3 Å². The summed E-state index contributed by atoms with van der Waals surface area (Å²) < 4.78 is 4.00. The second kappa shape index (κ2) is 5.53. The molecule has 1 aliphatic rings. The highest BCUT2D eigenvalue weighted by molar-refractivity contribution is 8.02. The Hall–Kier alpha value is -0.770. The number of rotatable bonds is 4. The molecule has 0 amide bonds. The van der Waals surface area contributed by atoms with Crippen molar-refractivity contribution >= 4 is 23.5 Å². The lowest BCUT2D eigenvalue weighted by Crippen LogP contribution is -2.51. The number of thioether (sulfide) groups is 1. The SMILES string of the molecule is C=CC(C)C1(C(=O)OCC)SCCCC1=O. The van der Waals surface area contributed by atoms with Crippen molar-refractivity contribution in [2.75, 3.05) is 12.4 Å². The smallest absolute Gasteiger partial charge is 0.330 e. The molecule has 0 bridgehead atoms. The molecule has 1 aliphatic heterocycles. The summed E-state index contributed by atoms with van der Waals surface area (Å²) in [6.07, 6.45) is 2.96. The molecule has 0 saturated carbocycles. The third-order valence-corrected chi connectivity index (χ3v) is 4.58. The number of Topliss-reactive ketones (excluding diaryl/α,β-unsaturated/α-hetero) is 1. The van der Waals surface area contributed by atoms with E-state index in [-0.39, 0.29) is 11.7 Å². The minimum absolute atomic E-state index is 0.0189. The molecule has 1 saturated heterocycles. The first-order chi connectivity index (χ1) is 7.59. The molecule has 4 heteroatoms. The van der Waals surface area contributed by atoms with Gasteiger partial charge in [-0.25, -0.2) is 0 Å². The van der Waals surface area contributed by atoms with Crippen LogP contribution in [0.1, 0.15) is 26.7 Å². The van der Waals surface area contributed by atoms with Crippen molar-refractivity contribution in [3.63, 3.8) is 0 Å². The largest absolute Gasteiger partial charge is 0.465 e. The second-order valence-electron chi connectivity index (χ2n) is 3.86. The van der Waals surface area contributed by atoms with E-state index in [0.717, 1.165) is 12.2 Å². The first-order valence-electron chi connectivity index (χ1n) is 5.56. The molecule has 0 spiro atoms. The summed E-state index contributed by atoms with van der Waals surface area (Å²) in [6, 6.07) is 0. The fourth-order valence-corrected chi connectivity index (χ4v) is 3.29. The van der Waals surface area contributed by atoms with Gasteiger partial charge in [0.15, 0.2) is 10.5 Å².